The van der Waals surface area contributed by atoms with E-state index in [9.17, 15) is 4.79 Å². The third-order valence-electron chi connectivity index (χ3n) is 5.53. The SMILES string of the molecule is CCCc1noc(-c2ccc(C=CC(=O)NCC3CCCC3(C)C)cc2)n1. The number of nitrogens with zero attached hydrogens (tertiary/aromatic N) is 2. The summed E-state index contributed by atoms with van der Waals surface area (Å²) in [6.07, 6.45) is 8.94. The van der Waals surface area contributed by atoms with Gasteiger partial charge in [-0.3, -0.25) is 4.79 Å². The number of aryl methyl sites for hydroxylation is 1. The van der Waals surface area contributed by atoms with Crippen molar-refractivity contribution >= 4 is 12.0 Å². The summed E-state index contributed by atoms with van der Waals surface area (Å²) >= 11 is 0. The number of carbonyl (C=O) groups is 1. The molecule has 1 aliphatic carbocycles. The van der Waals surface area contributed by atoms with Crippen molar-refractivity contribution in [2.45, 2.75) is 52.9 Å². The van der Waals surface area contributed by atoms with Crippen molar-refractivity contribution in [3.63, 3.8) is 0 Å². The van der Waals surface area contributed by atoms with Crippen molar-refractivity contribution < 1.29 is 9.32 Å². The summed E-state index contributed by atoms with van der Waals surface area (Å²) in [4.78, 5) is 16.5. The lowest BCUT2D eigenvalue weighted by Gasteiger charge is -2.26. The first kappa shape index (κ1) is 19.3. The van der Waals surface area contributed by atoms with E-state index < -0.39 is 0 Å². The Labute approximate surface area is 161 Å². The van der Waals surface area contributed by atoms with Crippen LogP contribution in [0.1, 0.15) is 57.8 Å². The Bertz CT molecular complexity index is 790. The zero-order chi connectivity index (χ0) is 19.3. The van der Waals surface area contributed by atoms with Crippen LogP contribution in [0.2, 0.25) is 0 Å². The second-order valence-corrected chi connectivity index (χ2v) is 8.04. The topological polar surface area (TPSA) is 68.0 Å². The van der Waals surface area contributed by atoms with Crippen LogP contribution in [-0.4, -0.2) is 22.6 Å². The molecule has 1 atom stereocenters. The highest BCUT2D eigenvalue weighted by Crippen LogP contribution is 2.41. The molecule has 5 heteroatoms. The molecule has 0 radical (unpaired) electrons. The summed E-state index contributed by atoms with van der Waals surface area (Å²) < 4.78 is 5.30. The molecule has 1 heterocycles. The Hall–Kier alpha value is -2.43. The van der Waals surface area contributed by atoms with Gasteiger partial charge in [0.15, 0.2) is 5.82 Å². The molecular formula is C22H29N3O2. The van der Waals surface area contributed by atoms with E-state index in [2.05, 4.69) is 36.2 Å². The summed E-state index contributed by atoms with van der Waals surface area (Å²) in [7, 11) is 0. The van der Waals surface area contributed by atoms with Crippen LogP contribution in [-0.2, 0) is 11.2 Å². The highest BCUT2D eigenvalue weighted by molar-refractivity contribution is 5.91. The van der Waals surface area contributed by atoms with Crippen molar-refractivity contribution in [1.82, 2.24) is 15.5 Å². The number of amides is 1. The van der Waals surface area contributed by atoms with Crippen molar-refractivity contribution in [2.75, 3.05) is 6.54 Å². The van der Waals surface area contributed by atoms with E-state index in [4.69, 9.17) is 4.52 Å². The van der Waals surface area contributed by atoms with Crippen LogP contribution in [0.25, 0.3) is 17.5 Å². The molecule has 5 nitrogen and oxygen atoms in total. The van der Waals surface area contributed by atoms with Crippen LogP contribution in [0.15, 0.2) is 34.9 Å². The summed E-state index contributed by atoms with van der Waals surface area (Å²) in [6.45, 7) is 7.43. The van der Waals surface area contributed by atoms with E-state index in [1.807, 2.05) is 30.3 Å². The predicted octanol–water partition coefficient (Wildman–Crippen LogP) is 4.64. The fourth-order valence-electron chi connectivity index (χ4n) is 3.67. The monoisotopic (exact) mass is 367 g/mol. The summed E-state index contributed by atoms with van der Waals surface area (Å²) in [6, 6.07) is 7.76. The standard InChI is InChI=1S/C22H29N3O2/c1-4-6-19-24-21(27-25-19)17-11-8-16(9-12-17)10-13-20(26)23-15-18-7-5-14-22(18,2)3/h8-13,18H,4-7,14-15H2,1-3H3,(H,23,26). The summed E-state index contributed by atoms with van der Waals surface area (Å²) in [5, 5.41) is 7.02. The first-order valence-electron chi connectivity index (χ1n) is 9.87. The van der Waals surface area contributed by atoms with Crippen LogP contribution >= 0.6 is 0 Å². The number of carbonyl (C=O) groups excluding carboxylic acids is 1. The van der Waals surface area contributed by atoms with Gasteiger partial charge in [-0.15, -0.1) is 0 Å². The fraction of sp³-hybridized carbons (Fsp3) is 0.500. The maximum atomic E-state index is 12.1. The molecule has 3 rings (SSSR count). The van der Waals surface area contributed by atoms with Gasteiger partial charge in [0, 0.05) is 24.6 Å². The van der Waals surface area contributed by atoms with Crippen LogP contribution in [0.5, 0.6) is 0 Å². The van der Waals surface area contributed by atoms with Crippen molar-refractivity contribution in [3.05, 3.63) is 41.7 Å². The molecule has 1 unspecified atom stereocenters. The maximum absolute atomic E-state index is 12.1. The first-order valence-corrected chi connectivity index (χ1v) is 9.87. The Morgan fingerprint density at radius 2 is 2.11 bits per heavy atom. The van der Waals surface area contributed by atoms with Crippen LogP contribution in [0.3, 0.4) is 0 Å². The minimum Gasteiger partial charge on any atom is -0.352 e. The fourth-order valence-corrected chi connectivity index (χ4v) is 3.67. The molecule has 1 aromatic heterocycles. The van der Waals surface area contributed by atoms with Gasteiger partial charge in [0.2, 0.25) is 5.91 Å². The van der Waals surface area contributed by atoms with Gasteiger partial charge in [-0.1, -0.05) is 44.5 Å². The lowest BCUT2D eigenvalue weighted by Crippen LogP contribution is -2.32. The van der Waals surface area contributed by atoms with Crippen molar-refractivity contribution in [2.24, 2.45) is 11.3 Å². The van der Waals surface area contributed by atoms with E-state index in [-0.39, 0.29) is 5.91 Å². The van der Waals surface area contributed by atoms with Crippen LogP contribution in [0, 0.1) is 11.3 Å². The molecule has 2 aromatic rings. The smallest absolute Gasteiger partial charge is 0.257 e. The Kier molecular flexibility index (Phi) is 6.09. The average molecular weight is 367 g/mol. The normalized spacial score (nSPS) is 18.9. The molecular weight excluding hydrogens is 338 g/mol. The first-order chi connectivity index (χ1) is 13.0. The largest absolute Gasteiger partial charge is 0.352 e. The summed E-state index contributed by atoms with van der Waals surface area (Å²) in [5.74, 6) is 1.80. The van der Waals surface area contributed by atoms with E-state index in [1.165, 1.54) is 19.3 Å². The lowest BCUT2D eigenvalue weighted by molar-refractivity contribution is -0.116. The Morgan fingerprint density at radius 3 is 2.78 bits per heavy atom. The molecule has 1 aromatic carbocycles. The highest BCUT2D eigenvalue weighted by atomic mass is 16.5. The lowest BCUT2D eigenvalue weighted by atomic mass is 9.82. The number of rotatable bonds is 7. The Morgan fingerprint density at radius 1 is 1.33 bits per heavy atom. The maximum Gasteiger partial charge on any atom is 0.257 e. The van der Waals surface area contributed by atoms with Gasteiger partial charge >= 0.3 is 0 Å². The van der Waals surface area contributed by atoms with Gasteiger partial charge in [0.05, 0.1) is 0 Å². The molecule has 27 heavy (non-hydrogen) atoms. The Balaban J connectivity index is 1.53. The van der Waals surface area contributed by atoms with Gasteiger partial charge < -0.3 is 9.84 Å². The number of hydrogen-bond donors (Lipinski definition) is 1. The zero-order valence-corrected chi connectivity index (χ0v) is 16.5. The van der Waals surface area contributed by atoms with E-state index in [0.717, 1.165) is 36.3 Å². The van der Waals surface area contributed by atoms with Crippen molar-refractivity contribution in [3.8, 4) is 11.5 Å². The molecule has 1 amide bonds. The molecule has 144 valence electrons. The summed E-state index contributed by atoms with van der Waals surface area (Å²) in [5.41, 5.74) is 2.18. The van der Waals surface area contributed by atoms with Gasteiger partial charge in [-0.05, 0) is 54.4 Å². The number of hydrogen-bond acceptors (Lipinski definition) is 4. The van der Waals surface area contributed by atoms with E-state index >= 15 is 0 Å². The van der Waals surface area contributed by atoms with Gasteiger partial charge in [-0.25, -0.2) is 0 Å². The third kappa shape index (κ3) is 5.06. The van der Waals surface area contributed by atoms with Gasteiger partial charge in [0.25, 0.3) is 5.89 Å². The van der Waals surface area contributed by atoms with E-state index in [0.29, 0.717) is 17.2 Å². The number of benzene rings is 1. The molecule has 0 bridgehead atoms. The molecule has 1 aliphatic rings. The van der Waals surface area contributed by atoms with Crippen LogP contribution in [0.4, 0.5) is 0 Å². The minimum absolute atomic E-state index is 0.0390. The predicted molar refractivity (Wildman–Crippen MR) is 107 cm³/mol. The molecule has 1 saturated carbocycles. The second kappa shape index (κ2) is 8.51. The zero-order valence-electron chi connectivity index (χ0n) is 16.5. The third-order valence-corrected chi connectivity index (χ3v) is 5.53. The minimum atomic E-state index is -0.0390. The van der Waals surface area contributed by atoms with E-state index in [1.54, 1.807) is 6.08 Å². The average Bonchev–Trinajstić information content (AvgIpc) is 3.25. The second-order valence-electron chi connectivity index (χ2n) is 8.04. The van der Waals surface area contributed by atoms with Crippen molar-refractivity contribution in [1.29, 1.82) is 0 Å². The number of aromatic nitrogens is 2. The highest BCUT2D eigenvalue weighted by Gasteiger charge is 2.34. The molecule has 1 N–H and O–H groups in total. The van der Waals surface area contributed by atoms with Gasteiger partial charge in [-0.2, -0.15) is 4.98 Å². The van der Waals surface area contributed by atoms with Crippen LogP contribution < -0.4 is 5.32 Å². The van der Waals surface area contributed by atoms with Gasteiger partial charge in [0.1, 0.15) is 0 Å². The molecule has 0 spiro atoms. The molecule has 1 fully saturated rings. The molecule has 0 saturated heterocycles. The quantitative estimate of drug-likeness (QED) is 0.724. The number of nitrogens with one attached hydrogen (secondary N) is 1. The molecule has 0 aliphatic heterocycles.